The predicted octanol–water partition coefficient (Wildman–Crippen LogP) is 2.60. The Hall–Kier alpha value is -1.89. The molecule has 0 N–H and O–H groups in total. The van der Waals surface area contributed by atoms with Crippen molar-refractivity contribution in [3.63, 3.8) is 0 Å². The standard InChI is InChI=1S/C17H23N3O3S/c1-3-23-15-10-5-4-7-14(15)11-24(21,22)12-16-18-19-17(20(16)2)13-8-6-9-13/h4-5,7,10,13H,3,6,8-9,11-12H2,1-2H3. The van der Waals surface area contributed by atoms with Crippen molar-refractivity contribution in [2.24, 2.45) is 7.05 Å². The Labute approximate surface area is 142 Å². The lowest BCUT2D eigenvalue weighted by atomic mass is 9.85. The SMILES string of the molecule is CCOc1ccccc1CS(=O)(=O)Cc1nnc(C2CCC2)n1C. The quantitative estimate of drug-likeness (QED) is 0.768. The van der Waals surface area contributed by atoms with Gasteiger partial charge in [0.1, 0.15) is 23.2 Å². The largest absolute Gasteiger partial charge is 0.494 e. The molecule has 0 aliphatic heterocycles. The number of aromatic nitrogens is 3. The summed E-state index contributed by atoms with van der Waals surface area (Å²) in [7, 11) is -1.50. The maximum absolute atomic E-state index is 12.6. The summed E-state index contributed by atoms with van der Waals surface area (Å²) in [6.07, 6.45) is 3.43. The van der Waals surface area contributed by atoms with Crippen molar-refractivity contribution < 1.29 is 13.2 Å². The van der Waals surface area contributed by atoms with Gasteiger partial charge in [-0.05, 0) is 25.8 Å². The molecular formula is C17H23N3O3S. The number of sulfone groups is 1. The van der Waals surface area contributed by atoms with Gasteiger partial charge in [0, 0.05) is 18.5 Å². The van der Waals surface area contributed by atoms with Gasteiger partial charge in [0.05, 0.1) is 12.4 Å². The summed E-state index contributed by atoms with van der Waals surface area (Å²) in [6, 6.07) is 7.25. The molecule has 0 saturated heterocycles. The minimum atomic E-state index is -3.36. The lowest BCUT2D eigenvalue weighted by Crippen LogP contribution is -2.16. The van der Waals surface area contributed by atoms with Gasteiger partial charge in [-0.2, -0.15) is 0 Å². The molecule has 3 rings (SSSR count). The molecule has 1 aromatic heterocycles. The minimum Gasteiger partial charge on any atom is -0.494 e. The van der Waals surface area contributed by atoms with Gasteiger partial charge in [-0.15, -0.1) is 10.2 Å². The van der Waals surface area contributed by atoms with Gasteiger partial charge in [-0.25, -0.2) is 8.42 Å². The average molecular weight is 349 g/mol. The maximum atomic E-state index is 12.6. The molecule has 1 saturated carbocycles. The van der Waals surface area contributed by atoms with Crippen LogP contribution in [0.5, 0.6) is 5.75 Å². The van der Waals surface area contributed by atoms with E-state index in [4.69, 9.17) is 4.74 Å². The Morgan fingerprint density at radius 3 is 2.62 bits per heavy atom. The molecule has 1 fully saturated rings. The number of hydrogen-bond donors (Lipinski definition) is 0. The van der Waals surface area contributed by atoms with Gasteiger partial charge in [-0.1, -0.05) is 24.6 Å². The van der Waals surface area contributed by atoms with Gasteiger partial charge in [0.2, 0.25) is 0 Å². The third kappa shape index (κ3) is 3.61. The Balaban J connectivity index is 1.76. The Morgan fingerprint density at radius 1 is 1.21 bits per heavy atom. The van der Waals surface area contributed by atoms with Crippen LogP contribution in [0.15, 0.2) is 24.3 Å². The zero-order valence-corrected chi connectivity index (χ0v) is 14.9. The van der Waals surface area contributed by atoms with E-state index in [0.29, 0.717) is 29.7 Å². The first kappa shape index (κ1) is 17.0. The molecular weight excluding hydrogens is 326 g/mol. The van der Waals surface area contributed by atoms with Gasteiger partial charge in [0.25, 0.3) is 0 Å². The van der Waals surface area contributed by atoms with E-state index in [1.165, 1.54) is 6.42 Å². The number of hydrogen-bond acceptors (Lipinski definition) is 5. The van der Waals surface area contributed by atoms with Gasteiger partial charge < -0.3 is 9.30 Å². The number of para-hydroxylation sites is 1. The normalized spacial score (nSPS) is 15.2. The Morgan fingerprint density at radius 2 is 1.96 bits per heavy atom. The van der Waals surface area contributed by atoms with Crippen LogP contribution in [0, 0.1) is 0 Å². The van der Waals surface area contributed by atoms with Crippen LogP contribution in [0.2, 0.25) is 0 Å². The van der Waals surface area contributed by atoms with E-state index >= 15 is 0 Å². The van der Waals surface area contributed by atoms with Crippen LogP contribution >= 0.6 is 0 Å². The molecule has 1 aliphatic rings. The van der Waals surface area contributed by atoms with Crippen LogP contribution in [0.25, 0.3) is 0 Å². The van der Waals surface area contributed by atoms with Crippen molar-refractivity contribution in [1.29, 1.82) is 0 Å². The zero-order valence-electron chi connectivity index (χ0n) is 14.1. The number of rotatable bonds is 7. The summed E-state index contributed by atoms with van der Waals surface area (Å²) >= 11 is 0. The molecule has 0 spiro atoms. The van der Waals surface area contributed by atoms with Crippen LogP contribution < -0.4 is 4.74 Å². The molecule has 2 aromatic rings. The summed E-state index contributed by atoms with van der Waals surface area (Å²) in [5.41, 5.74) is 0.681. The predicted molar refractivity (Wildman–Crippen MR) is 91.5 cm³/mol. The summed E-state index contributed by atoms with van der Waals surface area (Å²) < 4.78 is 32.6. The maximum Gasteiger partial charge on any atom is 0.161 e. The molecule has 7 heteroatoms. The third-order valence-electron chi connectivity index (χ3n) is 4.47. The van der Waals surface area contributed by atoms with Crippen molar-refractivity contribution in [1.82, 2.24) is 14.8 Å². The van der Waals surface area contributed by atoms with E-state index in [9.17, 15) is 8.42 Å². The summed E-state index contributed by atoms with van der Waals surface area (Å²) in [5.74, 6) is 2.29. The van der Waals surface area contributed by atoms with E-state index in [2.05, 4.69) is 10.2 Å². The van der Waals surface area contributed by atoms with Crippen LogP contribution in [0.1, 0.15) is 49.3 Å². The molecule has 0 unspecified atom stereocenters. The fourth-order valence-corrected chi connectivity index (χ4v) is 4.39. The second-order valence-electron chi connectivity index (χ2n) is 6.23. The fraction of sp³-hybridized carbons (Fsp3) is 0.529. The van der Waals surface area contributed by atoms with Crippen LogP contribution in [0.3, 0.4) is 0 Å². The first-order valence-electron chi connectivity index (χ1n) is 8.29. The molecule has 0 amide bonds. The highest BCUT2D eigenvalue weighted by molar-refractivity contribution is 7.89. The summed E-state index contributed by atoms with van der Waals surface area (Å²) in [4.78, 5) is 0. The van der Waals surface area contributed by atoms with Crippen LogP contribution in [-0.2, 0) is 28.4 Å². The summed E-state index contributed by atoms with van der Waals surface area (Å²) in [6.45, 7) is 2.39. The molecule has 0 radical (unpaired) electrons. The molecule has 130 valence electrons. The topological polar surface area (TPSA) is 74.1 Å². The number of ether oxygens (including phenoxy) is 1. The van der Waals surface area contributed by atoms with Crippen molar-refractivity contribution in [2.45, 2.75) is 43.6 Å². The van der Waals surface area contributed by atoms with E-state index in [0.717, 1.165) is 18.7 Å². The molecule has 0 bridgehead atoms. The van der Waals surface area contributed by atoms with Crippen molar-refractivity contribution in [3.05, 3.63) is 41.5 Å². The molecule has 0 atom stereocenters. The second-order valence-corrected chi connectivity index (χ2v) is 8.30. The summed E-state index contributed by atoms with van der Waals surface area (Å²) in [5, 5.41) is 8.31. The van der Waals surface area contributed by atoms with Gasteiger partial charge >= 0.3 is 0 Å². The zero-order chi connectivity index (χ0) is 17.2. The highest BCUT2D eigenvalue weighted by Crippen LogP contribution is 2.35. The van der Waals surface area contributed by atoms with Gasteiger partial charge in [0.15, 0.2) is 9.84 Å². The first-order valence-corrected chi connectivity index (χ1v) is 10.1. The Kier molecular flexibility index (Phi) is 4.89. The average Bonchev–Trinajstić information content (AvgIpc) is 2.81. The van der Waals surface area contributed by atoms with Crippen molar-refractivity contribution in [2.75, 3.05) is 6.61 Å². The van der Waals surface area contributed by atoms with E-state index in [1.807, 2.05) is 30.7 Å². The molecule has 1 heterocycles. The molecule has 6 nitrogen and oxygen atoms in total. The first-order chi connectivity index (χ1) is 11.5. The van der Waals surface area contributed by atoms with Crippen LogP contribution in [0.4, 0.5) is 0 Å². The smallest absolute Gasteiger partial charge is 0.161 e. The van der Waals surface area contributed by atoms with Crippen molar-refractivity contribution >= 4 is 9.84 Å². The highest BCUT2D eigenvalue weighted by atomic mass is 32.2. The van der Waals surface area contributed by atoms with Crippen molar-refractivity contribution in [3.8, 4) is 5.75 Å². The lowest BCUT2D eigenvalue weighted by Gasteiger charge is -2.24. The third-order valence-corrected chi connectivity index (χ3v) is 5.91. The van der Waals surface area contributed by atoms with E-state index in [1.54, 1.807) is 12.1 Å². The fourth-order valence-electron chi connectivity index (χ4n) is 2.93. The molecule has 24 heavy (non-hydrogen) atoms. The minimum absolute atomic E-state index is 0.0607. The monoisotopic (exact) mass is 349 g/mol. The van der Waals surface area contributed by atoms with Gasteiger partial charge in [-0.3, -0.25) is 0 Å². The Bertz CT molecular complexity index is 810. The van der Waals surface area contributed by atoms with E-state index in [-0.39, 0.29) is 11.5 Å². The molecule has 1 aliphatic carbocycles. The lowest BCUT2D eigenvalue weighted by molar-refractivity contribution is 0.337. The van der Waals surface area contributed by atoms with E-state index < -0.39 is 9.84 Å². The number of nitrogens with zero attached hydrogens (tertiary/aromatic N) is 3. The second kappa shape index (κ2) is 6.93. The highest BCUT2D eigenvalue weighted by Gasteiger charge is 2.27. The number of benzene rings is 1. The molecule has 1 aromatic carbocycles. The van der Waals surface area contributed by atoms with Crippen LogP contribution in [-0.4, -0.2) is 29.8 Å².